The van der Waals surface area contributed by atoms with Crippen molar-refractivity contribution in [3.8, 4) is 5.75 Å². The van der Waals surface area contributed by atoms with E-state index in [-0.39, 0.29) is 22.9 Å². The number of methoxy groups -OCH3 is 1. The van der Waals surface area contributed by atoms with E-state index < -0.39 is 9.84 Å². The molecule has 0 radical (unpaired) electrons. The van der Waals surface area contributed by atoms with Crippen LogP contribution in [0.5, 0.6) is 5.75 Å². The van der Waals surface area contributed by atoms with Crippen molar-refractivity contribution in [3.05, 3.63) is 46.2 Å². The topological polar surface area (TPSA) is 63.7 Å². The third-order valence-corrected chi connectivity index (χ3v) is 7.02. The fourth-order valence-corrected chi connectivity index (χ4v) is 5.50. The summed E-state index contributed by atoms with van der Waals surface area (Å²) in [5.41, 5.74) is 0.995. The number of hydrogen-bond acceptors (Lipinski definition) is 5. The van der Waals surface area contributed by atoms with Crippen LogP contribution in [0.2, 0.25) is 0 Å². The Morgan fingerprint density at radius 1 is 1.27 bits per heavy atom. The Morgan fingerprint density at radius 2 is 2.00 bits per heavy atom. The van der Waals surface area contributed by atoms with Gasteiger partial charge in [-0.25, -0.2) is 8.42 Å². The average molecular weight is 394 g/mol. The number of thiophene rings is 1. The number of carbonyl (C=O) groups is 1. The van der Waals surface area contributed by atoms with Crippen molar-refractivity contribution in [1.29, 1.82) is 0 Å². The molecule has 26 heavy (non-hydrogen) atoms. The number of piperidine rings is 1. The summed E-state index contributed by atoms with van der Waals surface area (Å²) in [5.74, 6) is 0.653. The highest BCUT2D eigenvalue weighted by Gasteiger charge is 2.35. The Morgan fingerprint density at radius 3 is 2.65 bits per heavy atom. The van der Waals surface area contributed by atoms with Crippen LogP contribution >= 0.6 is 11.3 Å². The molecule has 3 rings (SSSR count). The molecule has 2 heterocycles. The Bertz CT molecular complexity index is 904. The Labute approximate surface area is 158 Å². The minimum atomic E-state index is -3.32. The largest absolute Gasteiger partial charge is 0.496 e. The molecular formula is C19H23NO4S2. The lowest BCUT2D eigenvalue weighted by Crippen LogP contribution is -2.44. The maximum absolute atomic E-state index is 13.2. The summed E-state index contributed by atoms with van der Waals surface area (Å²) in [6.45, 7) is 2.05. The lowest BCUT2D eigenvalue weighted by Gasteiger charge is -2.41. The highest BCUT2D eigenvalue weighted by atomic mass is 32.2. The number of para-hydroxylation sites is 1. The molecule has 0 N–H and O–H groups in total. The second-order valence-electron chi connectivity index (χ2n) is 6.67. The number of nitrogens with zero attached hydrogens (tertiary/aromatic N) is 1. The molecular weight excluding hydrogens is 370 g/mol. The van der Waals surface area contributed by atoms with Gasteiger partial charge in [0, 0.05) is 23.2 Å². The van der Waals surface area contributed by atoms with E-state index in [9.17, 15) is 13.2 Å². The lowest BCUT2D eigenvalue weighted by atomic mass is 9.90. The van der Waals surface area contributed by atoms with Gasteiger partial charge in [0.25, 0.3) is 5.91 Å². The van der Waals surface area contributed by atoms with Crippen LogP contribution in [-0.4, -0.2) is 38.6 Å². The molecule has 0 aliphatic carbocycles. The van der Waals surface area contributed by atoms with Crippen molar-refractivity contribution < 1.29 is 17.9 Å². The third-order valence-electron chi connectivity index (χ3n) is 4.86. The van der Waals surface area contributed by atoms with Crippen LogP contribution < -0.4 is 4.74 Å². The minimum absolute atomic E-state index is 0.0776. The van der Waals surface area contributed by atoms with Crippen LogP contribution in [0.15, 0.2) is 40.6 Å². The molecule has 1 aromatic carbocycles. The van der Waals surface area contributed by atoms with E-state index in [4.69, 9.17) is 4.74 Å². The summed E-state index contributed by atoms with van der Waals surface area (Å²) in [4.78, 5) is 15.8. The molecule has 2 atom stereocenters. The van der Waals surface area contributed by atoms with Crippen LogP contribution in [0.25, 0.3) is 0 Å². The predicted octanol–water partition coefficient (Wildman–Crippen LogP) is 3.92. The van der Waals surface area contributed by atoms with E-state index >= 15 is 0 Å². The second-order valence-corrected chi connectivity index (χ2v) is 9.60. The van der Waals surface area contributed by atoms with Crippen LogP contribution in [-0.2, 0) is 9.84 Å². The van der Waals surface area contributed by atoms with Crippen molar-refractivity contribution in [2.75, 3.05) is 13.4 Å². The Kier molecular flexibility index (Phi) is 5.39. The molecule has 5 nitrogen and oxygen atoms in total. The molecule has 7 heteroatoms. The van der Waals surface area contributed by atoms with Gasteiger partial charge in [0.05, 0.1) is 22.9 Å². The third kappa shape index (κ3) is 3.64. The summed E-state index contributed by atoms with van der Waals surface area (Å²) >= 11 is 1.19. The van der Waals surface area contributed by atoms with Crippen LogP contribution in [0, 0.1) is 0 Å². The lowest BCUT2D eigenvalue weighted by molar-refractivity contribution is 0.0478. The number of amides is 1. The molecule has 1 saturated heterocycles. The summed E-state index contributed by atoms with van der Waals surface area (Å²) in [6.07, 6.45) is 3.99. The zero-order chi connectivity index (χ0) is 18.9. The van der Waals surface area contributed by atoms with Gasteiger partial charge in [-0.05, 0) is 38.3 Å². The molecule has 140 valence electrons. The molecule has 0 saturated carbocycles. The van der Waals surface area contributed by atoms with Gasteiger partial charge in [0.1, 0.15) is 5.75 Å². The second kappa shape index (κ2) is 7.40. The number of likely N-dealkylation sites (tertiary alicyclic amines) is 1. The van der Waals surface area contributed by atoms with E-state index in [0.29, 0.717) is 4.88 Å². The molecule has 1 aliphatic heterocycles. The van der Waals surface area contributed by atoms with E-state index in [0.717, 1.165) is 36.8 Å². The van der Waals surface area contributed by atoms with Gasteiger partial charge in [0.15, 0.2) is 9.84 Å². The number of rotatable bonds is 4. The quantitative estimate of drug-likeness (QED) is 0.790. The molecule has 0 unspecified atom stereocenters. The fourth-order valence-electron chi connectivity index (χ4n) is 3.53. The number of sulfone groups is 1. The first-order valence-electron chi connectivity index (χ1n) is 8.57. The molecule has 1 fully saturated rings. The molecule has 1 amide bonds. The maximum Gasteiger partial charge on any atom is 0.264 e. The number of benzene rings is 1. The van der Waals surface area contributed by atoms with Crippen LogP contribution in [0.4, 0.5) is 0 Å². The standard InChI is InChI=1S/C19H23NO4S2/c1-13-7-6-9-16(15-8-4-5-10-17(15)24-2)20(13)19(21)18-11-14(12-25-18)26(3,22)23/h4-5,8,10-13,16H,6-7,9H2,1-3H3/t13-,16-/m1/s1. The first-order valence-corrected chi connectivity index (χ1v) is 11.3. The summed E-state index contributed by atoms with van der Waals surface area (Å²) < 4.78 is 29.0. The zero-order valence-corrected chi connectivity index (χ0v) is 16.8. The van der Waals surface area contributed by atoms with Crippen molar-refractivity contribution in [1.82, 2.24) is 4.90 Å². The number of ether oxygens (including phenoxy) is 1. The fraction of sp³-hybridized carbons (Fsp3) is 0.421. The highest BCUT2D eigenvalue weighted by molar-refractivity contribution is 7.90. The normalized spacial score (nSPS) is 20.8. The zero-order valence-electron chi connectivity index (χ0n) is 15.1. The number of hydrogen-bond donors (Lipinski definition) is 0. The van der Waals surface area contributed by atoms with Gasteiger partial charge >= 0.3 is 0 Å². The summed E-state index contributed by atoms with van der Waals surface area (Å²) in [6, 6.07) is 9.26. The average Bonchev–Trinajstić information content (AvgIpc) is 3.11. The van der Waals surface area contributed by atoms with Crippen LogP contribution in [0.1, 0.15) is 47.5 Å². The van der Waals surface area contributed by atoms with E-state index in [1.165, 1.54) is 22.8 Å². The van der Waals surface area contributed by atoms with Crippen molar-refractivity contribution in [2.45, 2.75) is 43.2 Å². The molecule has 1 aromatic heterocycles. The van der Waals surface area contributed by atoms with Gasteiger partial charge in [-0.15, -0.1) is 11.3 Å². The van der Waals surface area contributed by atoms with Gasteiger partial charge in [-0.2, -0.15) is 0 Å². The SMILES string of the molecule is COc1ccccc1[C@H]1CCC[C@@H](C)N1C(=O)c1cc(S(C)(=O)=O)cs1. The molecule has 2 aromatic rings. The first kappa shape index (κ1) is 18.9. The van der Waals surface area contributed by atoms with Crippen molar-refractivity contribution in [2.24, 2.45) is 0 Å². The molecule has 0 spiro atoms. The van der Waals surface area contributed by atoms with Crippen LogP contribution in [0.3, 0.4) is 0 Å². The van der Waals surface area contributed by atoms with Gasteiger partial charge in [0.2, 0.25) is 0 Å². The smallest absolute Gasteiger partial charge is 0.264 e. The van der Waals surface area contributed by atoms with Crippen molar-refractivity contribution >= 4 is 27.1 Å². The number of carbonyl (C=O) groups excluding carboxylic acids is 1. The van der Waals surface area contributed by atoms with E-state index in [2.05, 4.69) is 0 Å². The highest BCUT2D eigenvalue weighted by Crippen LogP contribution is 2.39. The maximum atomic E-state index is 13.2. The van der Waals surface area contributed by atoms with Gasteiger partial charge in [-0.3, -0.25) is 4.79 Å². The van der Waals surface area contributed by atoms with E-state index in [1.54, 1.807) is 7.11 Å². The Hall–Kier alpha value is -1.86. The van der Waals surface area contributed by atoms with Crippen molar-refractivity contribution in [3.63, 3.8) is 0 Å². The summed E-state index contributed by atoms with van der Waals surface area (Å²) in [7, 11) is -1.68. The monoisotopic (exact) mass is 393 g/mol. The van der Waals surface area contributed by atoms with Gasteiger partial charge < -0.3 is 9.64 Å². The summed E-state index contributed by atoms with van der Waals surface area (Å²) in [5, 5.41) is 1.54. The molecule has 1 aliphatic rings. The predicted molar refractivity (Wildman–Crippen MR) is 103 cm³/mol. The van der Waals surface area contributed by atoms with Gasteiger partial charge in [-0.1, -0.05) is 18.2 Å². The first-order chi connectivity index (χ1) is 12.3. The molecule has 0 bridgehead atoms. The Balaban J connectivity index is 1.98. The minimum Gasteiger partial charge on any atom is -0.496 e. The van der Waals surface area contributed by atoms with E-state index in [1.807, 2.05) is 36.1 Å².